The highest BCUT2D eigenvalue weighted by atomic mass is 19.4. The fourth-order valence-corrected chi connectivity index (χ4v) is 4.59. The molecular formula is C26H33F3N2O5. The Kier molecular flexibility index (Phi) is 9.05. The minimum absolute atomic E-state index is 0.144. The first-order chi connectivity index (χ1) is 17.0. The smallest absolute Gasteiger partial charge is 0.487 e. The number of carbonyl (C=O) groups excluding carboxylic acids is 1. The van der Waals surface area contributed by atoms with Crippen LogP contribution in [-0.2, 0) is 16.1 Å². The van der Waals surface area contributed by atoms with Crippen molar-refractivity contribution in [3.63, 3.8) is 0 Å². The van der Waals surface area contributed by atoms with Crippen LogP contribution in [0.25, 0.3) is 0 Å². The number of carbonyl (C=O) groups is 2. The molecule has 10 heteroatoms. The van der Waals surface area contributed by atoms with E-state index in [1.54, 1.807) is 6.26 Å². The first kappa shape index (κ1) is 27.6. The minimum atomic E-state index is -5.08. The third-order valence-corrected chi connectivity index (χ3v) is 6.41. The van der Waals surface area contributed by atoms with E-state index in [4.69, 9.17) is 19.1 Å². The van der Waals surface area contributed by atoms with Gasteiger partial charge in [0.1, 0.15) is 17.1 Å². The third kappa shape index (κ3) is 7.74. The molecular weight excluding hydrogens is 477 g/mol. The zero-order valence-corrected chi connectivity index (χ0v) is 20.5. The van der Waals surface area contributed by atoms with Crippen LogP contribution < -0.4 is 10.1 Å². The van der Waals surface area contributed by atoms with E-state index in [1.807, 2.05) is 24.3 Å². The van der Waals surface area contributed by atoms with Gasteiger partial charge in [0.2, 0.25) is 5.91 Å². The van der Waals surface area contributed by atoms with Gasteiger partial charge in [0.05, 0.1) is 12.8 Å². The number of rotatable bonds is 6. The number of alkyl halides is 3. The van der Waals surface area contributed by atoms with Crippen LogP contribution in [0.4, 0.5) is 13.2 Å². The van der Waals surface area contributed by atoms with Gasteiger partial charge in [0, 0.05) is 32.0 Å². The number of carboxylic acid groups (broad SMARTS) is 1. The summed E-state index contributed by atoms with van der Waals surface area (Å²) in [6, 6.07) is 12.2. The molecule has 2 aliphatic rings. The number of aliphatic carboxylic acids is 1. The Morgan fingerprint density at radius 1 is 1.17 bits per heavy atom. The molecule has 0 aliphatic carbocycles. The molecule has 198 valence electrons. The molecule has 1 atom stereocenters. The molecule has 1 saturated heterocycles. The molecule has 4 rings (SSSR count). The zero-order valence-electron chi connectivity index (χ0n) is 20.5. The van der Waals surface area contributed by atoms with Gasteiger partial charge in [-0.05, 0) is 48.9 Å². The van der Waals surface area contributed by atoms with E-state index in [9.17, 15) is 18.0 Å². The summed E-state index contributed by atoms with van der Waals surface area (Å²) in [6.07, 6.45) is 0.0495. The number of ether oxygens (including phenoxy) is 1. The number of amides is 1. The number of nitrogens with one attached hydrogen (secondary N) is 1. The summed E-state index contributed by atoms with van der Waals surface area (Å²) >= 11 is 0. The number of furan rings is 1. The van der Waals surface area contributed by atoms with E-state index >= 15 is 0 Å². The summed E-state index contributed by atoms with van der Waals surface area (Å²) in [5.74, 6) is 0.0308. The van der Waals surface area contributed by atoms with Crippen molar-refractivity contribution >= 4 is 11.9 Å². The van der Waals surface area contributed by atoms with Gasteiger partial charge in [0.25, 0.3) is 0 Å². The fourth-order valence-electron chi connectivity index (χ4n) is 4.59. The predicted molar refractivity (Wildman–Crippen MR) is 127 cm³/mol. The van der Waals surface area contributed by atoms with Crippen molar-refractivity contribution in [1.29, 1.82) is 0 Å². The zero-order chi connectivity index (χ0) is 26.3. The second kappa shape index (κ2) is 11.8. The molecule has 0 radical (unpaired) electrons. The van der Waals surface area contributed by atoms with Gasteiger partial charge in [-0.2, -0.15) is 13.2 Å². The number of likely N-dealkylation sites (tertiary alicyclic amines) is 1. The van der Waals surface area contributed by atoms with E-state index in [0.717, 1.165) is 57.0 Å². The molecule has 0 bridgehead atoms. The second-order valence-electron chi connectivity index (χ2n) is 9.78. The van der Waals surface area contributed by atoms with Gasteiger partial charge in [-0.1, -0.05) is 32.0 Å². The molecule has 3 heterocycles. The molecule has 2 aliphatic heterocycles. The van der Waals surface area contributed by atoms with Crippen LogP contribution in [0.15, 0.2) is 47.1 Å². The van der Waals surface area contributed by atoms with Gasteiger partial charge in [-0.25, -0.2) is 4.79 Å². The molecule has 1 fully saturated rings. The number of halogens is 3. The predicted octanol–water partition coefficient (Wildman–Crippen LogP) is 4.98. The Morgan fingerprint density at radius 2 is 1.83 bits per heavy atom. The summed E-state index contributed by atoms with van der Waals surface area (Å²) in [5.41, 5.74) is 1.01. The number of benzene rings is 1. The van der Waals surface area contributed by atoms with Gasteiger partial charge in [-0.15, -0.1) is 0 Å². The van der Waals surface area contributed by atoms with Crippen molar-refractivity contribution in [3.8, 4) is 5.75 Å². The SMILES string of the molecule is CC(C)CNC(=O)CC1CC2(CCN(Cc3ccco3)CC2)Oc2ccccc21.O=C(O)C(F)(F)F. The number of carboxylic acids is 1. The Hall–Kier alpha value is -3.01. The molecule has 1 unspecified atom stereocenters. The van der Waals surface area contributed by atoms with Crippen LogP contribution >= 0.6 is 0 Å². The first-order valence-corrected chi connectivity index (χ1v) is 12.1. The standard InChI is InChI=1S/C24H32N2O3.C2HF3O2/c1-18(2)16-25-23(27)14-19-15-24(29-22-8-4-3-7-21(19)22)9-11-26(12-10-24)17-20-6-5-13-28-20;3-2(4,5)1(6)7/h3-8,13,18-19H,9-12,14-17H2,1-2H3,(H,25,27);(H,6,7). The Bertz CT molecular complexity index is 999. The molecule has 0 saturated carbocycles. The molecule has 2 aromatic rings. The quantitative estimate of drug-likeness (QED) is 0.570. The van der Waals surface area contributed by atoms with Crippen LogP contribution in [-0.4, -0.2) is 53.3 Å². The van der Waals surface area contributed by atoms with E-state index in [-0.39, 0.29) is 17.4 Å². The maximum Gasteiger partial charge on any atom is 0.490 e. The van der Waals surface area contributed by atoms with Crippen molar-refractivity contribution in [2.75, 3.05) is 19.6 Å². The highest BCUT2D eigenvalue weighted by Gasteiger charge is 2.43. The van der Waals surface area contributed by atoms with Crippen LogP contribution in [0, 0.1) is 5.92 Å². The summed E-state index contributed by atoms with van der Waals surface area (Å²) in [4.78, 5) is 23.9. The van der Waals surface area contributed by atoms with E-state index in [1.165, 1.54) is 5.56 Å². The maximum atomic E-state index is 12.6. The average Bonchev–Trinajstić information content (AvgIpc) is 3.32. The molecule has 1 spiro atoms. The van der Waals surface area contributed by atoms with Crippen LogP contribution in [0.3, 0.4) is 0 Å². The number of fused-ring (bicyclic) bond motifs is 1. The highest BCUT2D eigenvalue weighted by Crippen LogP contribution is 2.46. The number of hydrogen-bond acceptors (Lipinski definition) is 5. The number of hydrogen-bond donors (Lipinski definition) is 2. The molecule has 1 amide bonds. The highest BCUT2D eigenvalue weighted by molar-refractivity contribution is 5.77. The maximum absolute atomic E-state index is 12.6. The molecule has 2 N–H and O–H groups in total. The largest absolute Gasteiger partial charge is 0.490 e. The summed E-state index contributed by atoms with van der Waals surface area (Å²) in [5, 5.41) is 10.2. The van der Waals surface area contributed by atoms with E-state index in [0.29, 0.717) is 12.3 Å². The number of para-hydroxylation sites is 1. The number of nitrogens with zero attached hydrogens (tertiary/aromatic N) is 1. The van der Waals surface area contributed by atoms with Crippen molar-refractivity contribution < 1.29 is 37.0 Å². The van der Waals surface area contributed by atoms with Crippen molar-refractivity contribution in [3.05, 3.63) is 54.0 Å². The Balaban J connectivity index is 0.000000454. The van der Waals surface area contributed by atoms with Crippen LogP contribution in [0.2, 0.25) is 0 Å². The van der Waals surface area contributed by atoms with Gasteiger partial charge in [0.15, 0.2) is 0 Å². The monoisotopic (exact) mass is 510 g/mol. The Labute approximate surface area is 208 Å². The van der Waals surface area contributed by atoms with Crippen LogP contribution in [0.1, 0.15) is 56.8 Å². The van der Waals surface area contributed by atoms with Crippen LogP contribution in [0.5, 0.6) is 5.75 Å². The van der Waals surface area contributed by atoms with Gasteiger partial charge < -0.3 is 19.6 Å². The first-order valence-electron chi connectivity index (χ1n) is 12.1. The second-order valence-corrected chi connectivity index (χ2v) is 9.78. The summed E-state index contributed by atoms with van der Waals surface area (Å²) in [6.45, 7) is 7.78. The average molecular weight is 511 g/mol. The third-order valence-electron chi connectivity index (χ3n) is 6.41. The lowest BCUT2D eigenvalue weighted by Crippen LogP contribution is -2.50. The van der Waals surface area contributed by atoms with Crippen molar-refractivity contribution in [1.82, 2.24) is 10.2 Å². The summed E-state index contributed by atoms with van der Waals surface area (Å²) < 4.78 is 43.8. The topological polar surface area (TPSA) is 92.0 Å². The Morgan fingerprint density at radius 3 is 2.42 bits per heavy atom. The fraction of sp³-hybridized carbons (Fsp3) is 0.538. The van der Waals surface area contributed by atoms with Gasteiger partial charge in [-0.3, -0.25) is 9.69 Å². The minimum Gasteiger partial charge on any atom is -0.487 e. The van der Waals surface area contributed by atoms with Crippen molar-refractivity contribution in [2.45, 2.75) is 63.8 Å². The molecule has 7 nitrogen and oxygen atoms in total. The summed E-state index contributed by atoms with van der Waals surface area (Å²) in [7, 11) is 0. The molecule has 1 aromatic carbocycles. The van der Waals surface area contributed by atoms with Gasteiger partial charge >= 0.3 is 12.1 Å². The lowest BCUT2D eigenvalue weighted by Gasteiger charge is -2.46. The lowest BCUT2D eigenvalue weighted by molar-refractivity contribution is -0.192. The van der Waals surface area contributed by atoms with E-state index < -0.39 is 12.1 Å². The number of piperidine rings is 1. The molecule has 1 aromatic heterocycles. The normalized spacial score (nSPS) is 19.1. The van der Waals surface area contributed by atoms with Crippen molar-refractivity contribution in [2.24, 2.45) is 5.92 Å². The lowest BCUT2D eigenvalue weighted by atomic mass is 9.76. The molecule has 36 heavy (non-hydrogen) atoms. The van der Waals surface area contributed by atoms with E-state index in [2.05, 4.69) is 36.2 Å².